The lowest BCUT2D eigenvalue weighted by atomic mass is 10.0. The standard InChI is InChI=1S/C24H23FN2O2/c1-27(17-18-12-14-21(25)15-13-18)23(28)16-22(19-8-4-2-5-9-19)26-24(29)20-10-6-3-7-11-20/h2-15,22H,16-17H2,1H3,(H,26,29). The topological polar surface area (TPSA) is 49.4 Å². The maximum atomic E-state index is 13.1. The number of hydrogen-bond acceptors (Lipinski definition) is 2. The maximum absolute atomic E-state index is 13.1. The van der Waals surface area contributed by atoms with E-state index in [1.807, 2.05) is 36.4 Å². The number of carbonyl (C=O) groups excluding carboxylic acids is 2. The van der Waals surface area contributed by atoms with Crippen LogP contribution >= 0.6 is 0 Å². The molecule has 0 radical (unpaired) electrons. The Kier molecular flexibility index (Phi) is 6.74. The van der Waals surface area contributed by atoms with E-state index in [4.69, 9.17) is 0 Å². The van der Waals surface area contributed by atoms with Crippen molar-refractivity contribution in [3.05, 3.63) is 107 Å². The molecule has 3 aromatic carbocycles. The van der Waals surface area contributed by atoms with E-state index < -0.39 is 6.04 Å². The first-order valence-corrected chi connectivity index (χ1v) is 9.42. The summed E-state index contributed by atoms with van der Waals surface area (Å²) in [6.07, 6.45) is 0.125. The van der Waals surface area contributed by atoms with E-state index in [9.17, 15) is 14.0 Å². The molecule has 1 atom stereocenters. The highest BCUT2D eigenvalue weighted by Gasteiger charge is 2.21. The molecule has 0 aliphatic heterocycles. The van der Waals surface area contributed by atoms with Gasteiger partial charge in [-0.05, 0) is 35.4 Å². The van der Waals surface area contributed by atoms with Gasteiger partial charge in [0.2, 0.25) is 5.91 Å². The molecule has 0 saturated heterocycles. The summed E-state index contributed by atoms with van der Waals surface area (Å²) >= 11 is 0. The molecule has 4 nitrogen and oxygen atoms in total. The number of halogens is 1. The number of carbonyl (C=O) groups is 2. The highest BCUT2D eigenvalue weighted by molar-refractivity contribution is 5.94. The quantitative estimate of drug-likeness (QED) is 0.652. The lowest BCUT2D eigenvalue weighted by Gasteiger charge is -2.23. The molecular formula is C24H23FN2O2. The molecule has 1 unspecified atom stereocenters. The van der Waals surface area contributed by atoms with Crippen LogP contribution in [0, 0.1) is 5.82 Å². The molecule has 2 amide bonds. The molecule has 5 heteroatoms. The molecule has 1 N–H and O–H groups in total. The minimum Gasteiger partial charge on any atom is -0.345 e. The van der Waals surface area contributed by atoms with E-state index in [0.717, 1.165) is 11.1 Å². The summed E-state index contributed by atoms with van der Waals surface area (Å²) in [6, 6.07) is 24.0. The van der Waals surface area contributed by atoms with Gasteiger partial charge in [-0.25, -0.2) is 4.39 Å². The van der Waals surface area contributed by atoms with Gasteiger partial charge in [-0.15, -0.1) is 0 Å². The van der Waals surface area contributed by atoms with Crippen molar-refractivity contribution in [2.75, 3.05) is 7.05 Å². The van der Waals surface area contributed by atoms with E-state index in [1.165, 1.54) is 12.1 Å². The van der Waals surface area contributed by atoms with Crippen LogP contribution in [0.5, 0.6) is 0 Å². The second-order valence-electron chi connectivity index (χ2n) is 6.88. The van der Waals surface area contributed by atoms with Crippen molar-refractivity contribution in [3.63, 3.8) is 0 Å². The molecule has 0 heterocycles. The molecular weight excluding hydrogens is 367 g/mol. The van der Waals surface area contributed by atoms with Gasteiger partial charge in [0.05, 0.1) is 12.5 Å². The molecule has 148 valence electrons. The van der Waals surface area contributed by atoms with Gasteiger partial charge in [-0.2, -0.15) is 0 Å². The lowest BCUT2D eigenvalue weighted by Crippen LogP contribution is -2.34. The molecule has 0 bridgehead atoms. The molecule has 0 saturated carbocycles. The highest BCUT2D eigenvalue weighted by atomic mass is 19.1. The first-order valence-electron chi connectivity index (χ1n) is 9.42. The van der Waals surface area contributed by atoms with Crippen molar-refractivity contribution >= 4 is 11.8 Å². The Balaban J connectivity index is 1.71. The third kappa shape index (κ3) is 5.75. The fourth-order valence-electron chi connectivity index (χ4n) is 3.05. The van der Waals surface area contributed by atoms with Crippen molar-refractivity contribution < 1.29 is 14.0 Å². The zero-order valence-electron chi connectivity index (χ0n) is 16.2. The van der Waals surface area contributed by atoms with Crippen LogP contribution in [-0.2, 0) is 11.3 Å². The van der Waals surface area contributed by atoms with E-state index in [2.05, 4.69) is 5.32 Å². The summed E-state index contributed by atoms with van der Waals surface area (Å²) in [6.45, 7) is 0.368. The summed E-state index contributed by atoms with van der Waals surface area (Å²) in [4.78, 5) is 27.0. The first-order chi connectivity index (χ1) is 14.0. The summed E-state index contributed by atoms with van der Waals surface area (Å²) < 4.78 is 13.1. The molecule has 3 rings (SSSR count). The van der Waals surface area contributed by atoms with Crippen LogP contribution in [0.3, 0.4) is 0 Å². The van der Waals surface area contributed by atoms with Crippen LogP contribution in [0.1, 0.15) is 33.9 Å². The number of nitrogens with zero attached hydrogens (tertiary/aromatic N) is 1. The third-order valence-corrected chi connectivity index (χ3v) is 4.68. The Morgan fingerprint density at radius 2 is 1.48 bits per heavy atom. The van der Waals surface area contributed by atoms with Crippen LogP contribution in [0.25, 0.3) is 0 Å². The Hall–Kier alpha value is -3.47. The van der Waals surface area contributed by atoms with Gasteiger partial charge in [-0.1, -0.05) is 60.7 Å². The maximum Gasteiger partial charge on any atom is 0.251 e. The monoisotopic (exact) mass is 390 g/mol. The van der Waals surface area contributed by atoms with Gasteiger partial charge in [-0.3, -0.25) is 9.59 Å². The van der Waals surface area contributed by atoms with Crippen LogP contribution in [0.2, 0.25) is 0 Å². The van der Waals surface area contributed by atoms with Crippen molar-refractivity contribution in [1.29, 1.82) is 0 Å². The largest absolute Gasteiger partial charge is 0.345 e. The highest BCUT2D eigenvalue weighted by Crippen LogP contribution is 2.19. The fraction of sp³-hybridized carbons (Fsp3) is 0.167. The average molecular weight is 390 g/mol. The zero-order valence-corrected chi connectivity index (χ0v) is 16.2. The molecule has 0 spiro atoms. The summed E-state index contributed by atoms with van der Waals surface area (Å²) in [5, 5.41) is 2.97. The fourth-order valence-corrected chi connectivity index (χ4v) is 3.05. The lowest BCUT2D eigenvalue weighted by molar-refractivity contribution is -0.130. The van der Waals surface area contributed by atoms with Crippen molar-refractivity contribution in [1.82, 2.24) is 10.2 Å². The van der Waals surface area contributed by atoms with Gasteiger partial charge in [0, 0.05) is 19.2 Å². The van der Waals surface area contributed by atoms with E-state index in [1.54, 1.807) is 48.3 Å². The van der Waals surface area contributed by atoms with Crippen molar-refractivity contribution in [2.45, 2.75) is 19.0 Å². The molecule has 0 aromatic heterocycles. The molecule has 3 aromatic rings. The van der Waals surface area contributed by atoms with Gasteiger partial charge < -0.3 is 10.2 Å². The van der Waals surface area contributed by atoms with Crippen LogP contribution in [0.15, 0.2) is 84.9 Å². The van der Waals surface area contributed by atoms with Gasteiger partial charge >= 0.3 is 0 Å². The van der Waals surface area contributed by atoms with Gasteiger partial charge in [0.15, 0.2) is 0 Å². The minimum absolute atomic E-state index is 0.114. The molecule has 0 aliphatic rings. The second kappa shape index (κ2) is 9.64. The number of rotatable bonds is 7. The number of amides is 2. The van der Waals surface area contributed by atoms with Gasteiger partial charge in [0.1, 0.15) is 5.82 Å². The minimum atomic E-state index is -0.452. The van der Waals surface area contributed by atoms with E-state index in [0.29, 0.717) is 12.1 Å². The summed E-state index contributed by atoms with van der Waals surface area (Å²) in [7, 11) is 1.70. The summed E-state index contributed by atoms with van der Waals surface area (Å²) in [5.41, 5.74) is 2.24. The first kappa shape index (κ1) is 20.3. The third-order valence-electron chi connectivity index (χ3n) is 4.68. The zero-order chi connectivity index (χ0) is 20.6. The van der Waals surface area contributed by atoms with Crippen LogP contribution in [0.4, 0.5) is 4.39 Å². The molecule has 0 aliphatic carbocycles. The molecule has 0 fully saturated rings. The Morgan fingerprint density at radius 3 is 2.10 bits per heavy atom. The van der Waals surface area contributed by atoms with Crippen molar-refractivity contribution in [2.24, 2.45) is 0 Å². The van der Waals surface area contributed by atoms with Gasteiger partial charge in [0.25, 0.3) is 5.91 Å². The predicted molar refractivity (Wildman–Crippen MR) is 111 cm³/mol. The smallest absolute Gasteiger partial charge is 0.251 e. The molecule has 29 heavy (non-hydrogen) atoms. The Morgan fingerprint density at radius 1 is 0.897 bits per heavy atom. The number of benzene rings is 3. The van der Waals surface area contributed by atoms with E-state index >= 15 is 0 Å². The van der Waals surface area contributed by atoms with E-state index in [-0.39, 0.29) is 24.1 Å². The number of hydrogen-bond donors (Lipinski definition) is 1. The SMILES string of the molecule is CN(Cc1ccc(F)cc1)C(=O)CC(NC(=O)c1ccccc1)c1ccccc1. The van der Waals surface area contributed by atoms with Crippen molar-refractivity contribution in [3.8, 4) is 0 Å². The van der Waals surface area contributed by atoms with Crippen LogP contribution < -0.4 is 5.32 Å². The Labute approximate surface area is 170 Å². The second-order valence-corrected chi connectivity index (χ2v) is 6.88. The number of nitrogens with one attached hydrogen (secondary N) is 1. The average Bonchev–Trinajstić information content (AvgIpc) is 2.76. The normalized spacial score (nSPS) is 11.5. The predicted octanol–water partition coefficient (Wildman–Crippen LogP) is 4.35. The summed E-state index contributed by atoms with van der Waals surface area (Å²) in [5.74, 6) is -0.652. The Bertz CT molecular complexity index is 944. The van der Waals surface area contributed by atoms with Crippen LogP contribution in [-0.4, -0.2) is 23.8 Å².